The van der Waals surface area contributed by atoms with Crippen molar-refractivity contribution < 1.29 is 9.47 Å². The average molecular weight is 328 g/mol. The minimum Gasteiger partial charge on any atom is -0.376 e. The number of hydrogen-bond acceptors (Lipinski definition) is 3. The van der Waals surface area contributed by atoms with Gasteiger partial charge in [-0.2, -0.15) is 0 Å². The summed E-state index contributed by atoms with van der Waals surface area (Å²) in [5, 5.41) is 3.51. The van der Waals surface area contributed by atoms with E-state index in [0.29, 0.717) is 13.2 Å². The van der Waals surface area contributed by atoms with Gasteiger partial charge in [0.2, 0.25) is 0 Å². The maximum Gasteiger partial charge on any atom is 0.105 e. The third-order valence-corrected chi connectivity index (χ3v) is 3.50. The Labute approximate surface area is 123 Å². The second kappa shape index (κ2) is 6.35. The molecule has 0 aliphatic carbocycles. The van der Waals surface area contributed by atoms with Gasteiger partial charge in [-0.05, 0) is 38.5 Å². The largest absolute Gasteiger partial charge is 0.376 e. The van der Waals surface area contributed by atoms with Gasteiger partial charge in [0.25, 0.3) is 0 Å². The SMILES string of the molecule is CC(C)(C)NCC(OC1COC1)c1cccc(Br)c1. The quantitative estimate of drug-likeness (QED) is 0.900. The number of ether oxygens (including phenoxy) is 2. The van der Waals surface area contributed by atoms with Gasteiger partial charge >= 0.3 is 0 Å². The van der Waals surface area contributed by atoms with Crippen LogP contribution in [0.25, 0.3) is 0 Å². The van der Waals surface area contributed by atoms with E-state index in [1.54, 1.807) is 0 Å². The maximum absolute atomic E-state index is 6.11. The van der Waals surface area contributed by atoms with Crippen molar-refractivity contribution in [3.05, 3.63) is 34.3 Å². The molecule has 1 unspecified atom stereocenters. The fourth-order valence-corrected chi connectivity index (χ4v) is 2.29. The standard InChI is InChI=1S/C15H22BrNO2/c1-15(2,3)17-8-14(19-13-9-18-10-13)11-5-4-6-12(16)7-11/h4-7,13-14,17H,8-10H2,1-3H3. The summed E-state index contributed by atoms with van der Waals surface area (Å²) in [7, 11) is 0. The molecule has 1 saturated heterocycles. The lowest BCUT2D eigenvalue weighted by atomic mass is 10.1. The molecule has 106 valence electrons. The minimum absolute atomic E-state index is 0.0608. The van der Waals surface area contributed by atoms with E-state index >= 15 is 0 Å². The van der Waals surface area contributed by atoms with Crippen LogP contribution in [0.2, 0.25) is 0 Å². The van der Waals surface area contributed by atoms with Crippen LogP contribution >= 0.6 is 15.9 Å². The van der Waals surface area contributed by atoms with Crippen LogP contribution in [0.1, 0.15) is 32.4 Å². The van der Waals surface area contributed by atoms with E-state index in [9.17, 15) is 0 Å². The van der Waals surface area contributed by atoms with E-state index in [-0.39, 0.29) is 17.7 Å². The molecule has 1 aliphatic heterocycles. The molecule has 1 N–H and O–H groups in total. The number of halogens is 1. The predicted octanol–water partition coefficient (Wildman–Crippen LogP) is 3.29. The lowest BCUT2D eigenvalue weighted by molar-refractivity contribution is -0.155. The zero-order valence-corrected chi connectivity index (χ0v) is 13.4. The molecule has 0 amide bonds. The van der Waals surface area contributed by atoms with Crippen LogP contribution in [0, 0.1) is 0 Å². The van der Waals surface area contributed by atoms with Gasteiger partial charge in [-0.25, -0.2) is 0 Å². The van der Waals surface area contributed by atoms with Gasteiger partial charge in [0, 0.05) is 16.6 Å². The highest BCUT2D eigenvalue weighted by Crippen LogP contribution is 2.24. The van der Waals surface area contributed by atoms with Gasteiger partial charge in [-0.3, -0.25) is 0 Å². The molecule has 1 fully saturated rings. The zero-order chi connectivity index (χ0) is 13.9. The number of rotatable bonds is 5. The third-order valence-electron chi connectivity index (χ3n) is 3.00. The molecule has 0 aromatic heterocycles. The first-order chi connectivity index (χ1) is 8.94. The molecule has 1 heterocycles. The lowest BCUT2D eigenvalue weighted by Gasteiger charge is -2.32. The van der Waals surface area contributed by atoms with Crippen molar-refractivity contribution in [2.24, 2.45) is 0 Å². The fourth-order valence-electron chi connectivity index (χ4n) is 1.88. The Morgan fingerprint density at radius 1 is 1.42 bits per heavy atom. The number of hydrogen-bond donors (Lipinski definition) is 1. The molecule has 0 spiro atoms. The van der Waals surface area contributed by atoms with Crippen LogP contribution in [0.5, 0.6) is 0 Å². The summed E-state index contributed by atoms with van der Waals surface area (Å²) in [4.78, 5) is 0. The molecule has 1 atom stereocenters. The van der Waals surface area contributed by atoms with Gasteiger partial charge in [-0.15, -0.1) is 0 Å². The van der Waals surface area contributed by atoms with E-state index < -0.39 is 0 Å². The predicted molar refractivity (Wildman–Crippen MR) is 80.3 cm³/mol. The monoisotopic (exact) mass is 327 g/mol. The topological polar surface area (TPSA) is 30.5 Å². The fraction of sp³-hybridized carbons (Fsp3) is 0.600. The summed E-state index contributed by atoms with van der Waals surface area (Å²) in [5.74, 6) is 0. The molecule has 1 aliphatic rings. The van der Waals surface area contributed by atoms with Gasteiger partial charge in [0.05, 0.1) is 19.3 Å². The molecular formula is C15H22BrNO2. The Bertz CT molecular complexity index is 413. The van der Waals surface area contributed by atoms with Crippen molar-refractivity contribution in [1.29, 1.82) is 0 Å². The first-order valence-corrected chi connectivity index (χ1v) is 7.47. The van der Waals surface area contributed by atoms with Crippen LogP contribution in [-0.2, 0) is 9.47 Å². The summed E-state index contributed by atoms with van der Waals surface area (Å²) in [6, 6.07) is 8.31. The van der Waals surface area contributed by atoms with Crippen molar-refractivity contribution in [3.63, 3.8) is 0 Å². The summed E-state index contributed by atoms with van der Waals surface area (Å²) in [6.07, 6.45) is 0.288. The van der Waals surface area contributed by atoms with Gasteiger partial charge in [0.15, 0.2) is 0 Å². The number of nitrogens with one attached hydrogen (secondary N) is 1. The summed E-state index contributed by atoms with van der Waals surface area (Å²) in [5.41, 5.74) is 1.28. The molecule has 2 rings (SSSR count). The summed E-state index contributed by atoms with van der Waals surface area (Å²) >= 11 is 3.52. The van der Waals surface area contributed by atoms with Crippen LogP contribution in [0.3, 0.4) is 0 Å². The van der Waals surface area contributed by atoms with Gasteiger partial charge in [0.1, 0.15) is 6.10 Å². The highest BCUT2D eigenvalue weighted by Gasteiger charge is 2.25. The zero-order valence-electron chi connectivity index (χ0n) is 11.8. The van der Waals surface area contributed by atoms with Crippen molar-refractivity contribution in [1.82, 2.24) is 5.32 Å². The van der Waals surface area contributed by atoms with Crippen LogP contribution in [0.4, 0.5) is 0 Å². The lowest BCUT2D eigenvalue weighted by Crippen LogP contribution is -2.42. The highest BCUT2D eigenvalue weighted by atomic mass is 79.9. The van der Waals surface area contributed by atoms with Crippen LogP contribution in [0.15, 0.2) is 28.7 Å². The molecule has 1 aromatic rings. The summed E-state index contributed by atoms with van der Waals surface area (Å²) < 4.78 is 12.4. The Balaban J connectivity index is 2.04. The van der Waals surface area contributed by atoms with Crippen molar-refractivity contribution in [2.75, 3.05) is 19.8 Å². The van der Waals surface area contributed by atoms with Crippen molar-refractivity contribution in [3.8, 4) is 0 Å². The third kappa shape index (κ3) is 4.88. The Morgan fingerprint density at radius 3 is 2.68 bits per heavy atom. The second-order valence-electron chi connectivity index (χ2n) is 5.97. The Kier molecular flexibility index (Phi) is 5.01. The van der Waals surface area contributed by atoms with Gasteiger partial charge in [-0.1, -0.05) is 28.1 Å². The van der Waals surface area contributed by atoms with Crippen molar-refractivity contribution in [2.45, 2.75) is 38.5 Å². The van der Waals surface area contributed by atoms with E-state index in [1.807, 2.05) is 12.1 Å². The normalized spacial score (nSPS) is 18.1. The molecular weight excluding hydrogens is 306 g/mol. The smallest absolute Gasteiger partial charge is 0.105 e. The van der Waals surface area contributed by atoms with E-state index in [4.69, 9.17) is 9.47 Å². The van der Waals surface area contributed by atoms with E-state index in [2.05, 4.69) is 54.2 Å². The first kappa shape index (κ1) is 15.0. The van der Waals surface area contributed by atoms with Crippen LogP contribution < -0.4 is 5.32 Å². The number of benzene rings is 1. The van der Waals surface area contributed by atoms with Gasteiger partial charge < -0.3 is 14.8 Å². The maximum atomic E-state index is 6.11. The molecule has 4 heteroatoms. The van der Waals surface area contributed by atoms with E-state index in [1.165, 1.54) is 5.56 Å². The second-order valence-corrected chi connectivity index (χ2v) is 6.89. The van der Waals surface area contributed by atoms with Crippen LogP contribution in [-0.4, -0.2) is 31.4 Å². The summed E-state index contributed by atoms with van der Waals surface area (Å²) in [6.45, 7) is 8.71. The first-order valence-electron chi connectivity index (χ1n) is 6.68. The average Bonchev–Trinajstić information content (AvgIpc) is 2.25. The van der Waals surface area contributed by atoms with E-state index in [0.717, 1.165) is 11.0 Å². The molecule has 0 bridgehead atoms. The molecule has 0 saturated carbocycles. The van der Waals surface area contributed by atoms with Crippen molar-refractivity contribution >= 4 is 15.9 Å². The molecule has 0 radical (unpaired) electrons. The molecule has 19 heavy (non-hydrogen) atoms. The highest BCUT2D eigenvalue weighted by molar-refractivity contribution is 9.10. The Hall–Kier alpha value is -0.420. The molecule has 1 aromatic carbocycles. The molecule has 3 nitrogen and oxygen atoms in total. The Morgan fingerprint density at radius 2 is 2.16 bits per heavy atom. The minimum atomic E-state index is 0.0608.